The third-order valence-corrected chi connectivity index (χ3v) is 3.85. The number of nitrogens with one attached hydrogen (secondary N) is 2. The van der Waals surface area contributed by atoms with Gasteiger partial charge in [-0.1, -0.05) is 12.1 Å². The average Bonchev–Trinajstić information content (AvgIpc) is 2.86. The Morgan fingerprint density at radius 3 is 2.90 bits per heavy atom. The van der Waals surface area contributed by atoms with Crippen molar-refractivity contribution in [3.8, 4) is 0 Å². The lowest BCUT2D eigenvalue weighted by Gasteiger charge is -2.07. The van der Waals surface area contributed by atoms with E-state index in [0.29, 0.717) is 0 Å². The number of carbonyl (C=O) groups is 2. The number of hydrogen-bond acceptors (Lipinski definition) is 4. The molecule has 2 rings (SSSR count). The second-order valence-electron chi connectivity index (χ2n) is 4.26. The van der Waals surface area contributed by atoms with Gasteiger partial charge >= 0.3 is 5.97 Å². The highest BCUT2D eigenvalue weighted by Gasteiger charge is 2.13. The number of hydrogen-bond donors (Lipinski definition) is 3. The number of benzene rings is 1. The molecule has 0 bridgehead atoms. The number of aliphatic carboxylic acids is 1. The molecule has 20 heavy (non-hydrogen) atoms. The number of para-hydroxylation sites is 2. The van der Waals surface area contributed by atoms with Crippen molar-refractivity contribution in [1.82, 2.24) is 15.3 Å². The van der Waals surface area contributed by atoms with Gasteiger partial charge in [0.2, 0.25) is 5.91 Å². The predicted octanol–water partition coefficient (Wildman–Crippen LogP) is 1.56. The molecule has 1 amide bonds. The minimum absolute atomic E-state index is 0.0259. The van der Waals surface area contributed by atoms with Crippen molar-refractivity contribution < 1.29 is 14.7 Å². The molecular weight excluding hydrogens is 278 g/mol. The minimum atomic E-state index is -1.05. The highest BCUT2D eigenvalue weighted by molar-refractivity contribution is 8.00. The maximum Gasteiger partial charge on any atom is 0.322 e. The van der Waals surface area contributed by atoms with Crippen molar-refractivity contribution in [2.45, 2.75) is 12.2 Å². The molecule has 0 saturated carbocycles. The van der Waals surface area contributed by atoms with E-state index >= 15 is 0 Å². The Morgan fingerprint density at radius 1 is 1.45 bits per heavy atom. The van der Waals surface area contributed by atoms with Crippen molar-refractivity contribution in [1.29, 1.82) is 0 Å². The molecule has 0 aliphatic heterocycles. The number of aromatic amines is 1. The zero-order valence-electron chi connectivity index (χ0n) is 10.9. The van der Waals surface area contributed by atoms with Gasteiger partial charge in [-0.3, -0.25) is 9.59 Å². The molecule has 0 radical (unpaired) electrons. The highest BCUT2D eigenvalue weighted by atomic mass is 32.2. The van der Waals surface area contributed by atoms with Gasteiger partial charge in [-0.05, 0) is 19.1 Å². The second kappa shape index (κ2) is 6.42. The van der Waals surface area contributed by atoms with E-state index in [9.17, 15) is 9.59 Å². The maximum absolute atomic E-state index is 11.4. The van der Waals surface area contributed by atoms with E-state index in [0.717, 1.165) is 16.9 Å². The Bertz CT molecular complexity index is 593. The van der Waals surface area contributed by atoms with Crippen molar-refractivity contribution in [3.63, 3.8) is 0 Å². The number of aromatic nitrogens is 2. The molecule has 0 saturated heterocycles. The predicted molar refractivity (Wildman–Crippen MR) is 77.6 cm³/mol. The largest absolute Gasteiger partial charge is 0.480 e. The third kappa shape index (κ3) is 3.74. The number of amides is 1. The summed E-state index contributed by atoms with van der Waals surface area (Å²) in [6, 6.07) is 7.72. The monoisotopic (exact) mass is 293 g/mol. The molecule has 1 aromatic heterocycles. The first-order chi connectivity index (χ1) is 9.56. The summed E-state index contributed by atoms with van der Waals surface area (Å²) in [6.45, 7) is 1.60. The molecule has 0 fully saturated rings. The van der Waals surface area contributed by atoms with E-state index < -0.39 is 5.97 Å². The van der Waals surface area contributed by atoms with Crippen LogP contribution in [0.5, 0.6) is 0 Å². The molecule has 0 spiro atoms. The van der Waals surface area contributed by atoms with Gasteiger partial charge in [-0.2, -0.15) is 0 Å². The number of carbonyl (C=O) groups excluding carboxylic acids is 1. The van der Waals surface area contributed by atoms with Crippen LogP contribution in [0.4, 0.5) is 0 Å². The van der Waals surface area contributed by atoms with Crippen LogP contribution in [-0.2, 0) is 9.59 Å². The number of nitrogens with zero attached hydrogens (tertiary/aromatic N) is 1. The molecule has 2 aromatic rings. The van der Waals surface area contributed by atoms with Gasteiger partial charge in [0.25, 0.3) is 0 Å². The van der Waals surface area contributed by atoms with Crippen LogP contribution in [0.25, 0.3) is 11.0 Å². The van der Waals surface area contributed by atoms with Crippen LogP contribution in [-0.4, -0.2) is 39.2 Å². The summed E-state index contributed by atoms with van der Waals surface area (Å²) in [6.07, 6.45) is 0. The lowest BCUT2D eigenvalue weighted by atomic mass is 10.3. The van der Waals surface area contributed by atoms with Crippen molar-refractivity contribution in [2.75, 3.05) is 12.3 Å². The Labute approximate surface area is 120 Å². The number of H-pyrrole nitrogens is 1. The molecule has 7 heteroatoms. The Hall–Kier alpha value is -2.02. The Morgan fingerprint density at radius 2 is 2.20 bits per heavy atom. The average molecular weight is 293 g/mol. The van der Waals surface area contributed by atoms with E-state index in [1.165, 1.54) is 11.8 Å². The summed E-state index contributed by atoms with van der Waals surface area (Å²) in [4.78, 5) is 29.4. The Kier molecular flexibility index (Phi) is 4.62. The number of rotatable bonds is 6. The number of carboxylic acids is 1. The number of thioether (sulfide) groups is 1. The van der Waals surface area contributed by atoms with Gasteiger partial charge < -0.3 is 15.4 Å². The van der Waals surface area contributed by atoms with Crippen LogP contribution in [0.2, 0.25) is 0 Å². The fraction of sp³-hybridized carbons (Fsp3) is 0.308. The van der Waals surface area contributed by atoms with Crippen molar-refractivity contribution in [2.24, 2.45) is 0 Å². The maximum atomic E-state index is 11.4. The second-order valence-corrected chi connectivity index (χ2v) is 5.59. The zero-order chi connectivity index (χ0) is 14.5. The molecule has 3 N–H and O–H groups in total. The van der Waals surface area contributed by atoms with E-state index in [1.54, 1.807) is 0 Å². The van der Waals surface area contributed by atoms with E-state index in [1.807, 2.05) is 31.2 Å². The summed E-state index contributed by atoms with van der Waals surface area (Å²) in [7, 11) is 0. The SMILES string of the molecule is CC(SCC(=O)NCC(=O)O)c1nc2ccccc2[nH]1. The minimum Gasteiger partial charge on any atom is -0.480 e. The summed E-state index contributed by atoms with van der Waals surface area (Å²) in [5.41, 5.74) is 1.86. The smallest absolute Gasteiger partial charge is 0.322 e. The first kappa shape index (κ1) is 14.4. The molecule has 6 nitrogen and oxygen atoms in total. The fourth-order valence-electron chi connectivity index (χ4n) is 1.67. The first-order valence-electron chi connectivity index (χ1n) is 6.11. The van der Waals surface area contributed by atoms with Crippen molar-refractivity contribution >= 4 is 34.7 Å². The lowest BCUT2D eigenvalue weighted by molar-refractivity contribution is -0.137. The lowest BCUT2D eigenvalue weighted by Crippen LogP contribution is -2.30. The van der Waals surface area contributed by atoms with Gasteiger partial charge in [0.15, 0.2) is 0 Å². The molecule has 1 heterocycles. The van der Waals surface area contributed by atoms with Crippen LogP contribution in [0, 0.1) is 0 Å². The van der Waals surface area contributed by atoms with E-state index in [4.69, 9.17) is 5.11 Å². The van der Waals surface area contributed by atoms with Crippen LogP contribution in [0.1, 0.15) is 18.0 Å². The first-order valence-corrected chi connectivity index (χ1v) is 7.16. The van der Waals surface area contributed by atoms with Crippen LogP contribution >= 0.6 is 11.8 Å². The normalized spacial score (nSPS) is 12.2. The molecule has 1 atom stereocenters. The Balaban J connectivity index is 1.89. The molecule has 0 aliphatic rings. The highest BCUT2D eigenvalue weighted by Crippen LogP contribution is 2.27. The van der Waals surface area contributed by atoms with Gasteiger partial charge in [-0.15, -0.1) is 11.8 Å². The van der Waals surface area contributed by atoms with Gasteiger partial charge in [0, 0.05) is 0 Å². The summed E-state index contributed by atoms with van der Waals surface area (Å²) in [5.74, 6) is -0.331. The standard InChI is InChI=1S/C13H15N3O3S/c1-8(20-7-11(17)14-6-12(18)19)13-15-9-4-2-3-5-10(9)16-13/h2-5,8H,6-7H2,1H3,(H,14,17)(H,15,16)(H,18,19). The number of fused-ring (bicyclic) bond motifs is 1. The molecule has 0 aliphatic carbocycles. The van der Waals surface area contributed by atoms with Crippen LogP contribution < -0.4 is 5.32 Å². The summed E-state index contributed by atoms with van der Waals surface area (Å²) >= 11 is 1.41. The molecule has 1 unspecified atom stereocenters. The summed E-state index contributed by atoms with van der Waals surface area (Å²) in [5, 5.41) is 10.8. The third-order valence-electron chi connectivity index (χ3n) is 2.69. The zero-order valence-corrected chi connectivity index (χ0v) is 11.7. The van der Waals surface area contributed by atoms with Gasteiger partial charge in [-0.25, -0.2) is 4.98 Å². The quantitative estimate of drug-likeness (QED) is 0.751. The topological polar surface area (TPSA) is 95.1 Å². The van der Waals surface area contributed by atoms with Crippen molar-refractivity contribution in [3.05, 3.63) is 30.1 Å². The molecular formula is C13H15N3O3S. The van der Waals surface area contributed by atoms with Gasteiger partial charge in [0.1, 0.15) is 12.4 Å². The van der Waals surface area contributed by atoms with Crippen LogP contribution in [0.15, 0.2) is 24.3 Å². The van der Waals surface area contributed by atoms with Crippen LogP contribution in [0.3, 0.4) is 0 Å². The molecule has 1 aromatic carbocycles. The molecule has 106 valence electrons. The number of carboxylic acid groups (broad SMARTS) is 1. The van der Waals surface area contributed by atoms with E-state index in [-0.39, 0.29) is 23.5 Å². The van der Waals surface area contributed by atoms with Gasteiger partial charge in [0.05, 0.1) is 22.0 Å². The summed E-state index contributed by atoms with van der Waals surface area (Å²) < 4.78 is 0. The van der Waals surface area contributed by atoms with E-state index in [2.05, 4.69) is 15.3 Å². The number of imidazole rings is 1. The fourth-order valence-corrected chi connectivity index (χ4v) is 2.44.